The molecule has 0 radical (unpaired) electrons. The normalized spacial score (nSPS) is 12.1. The second-order valence-electron chi connectivity index (χ2n) is 8.90. The molecule has 2 nitrogen and oxygen atoms in total. The predicted molar refractivity (Wildman–Crippen MR) is 136 cm³/mol. The molecule has 0 saturated carbocycles. The van der Waals surface area contributed by atoms with Gasteiger partial charge in [0.15, 0.2) is 5.78 Å². The van der Waals surface area contributed by atoms with Gasteiger partial charge in [-0.2, -0.15) is 0 Å². The third-order valence-corrected chi connectivity index (χ3v) is 6.36. The summed E-state index contributed by atoms with van der Waals surface area (Å²) in [6.45, 7) is 4.15. The van der Waals surface area contributed by atoms with Crippen molar-refractivity contribution in [2.75, 3.05) is 0 Å². The Balaban J connectivity index is 1.44. The molecule has 0 unspecified atom stereocenters. The fourth-order valence-electron chi connectivity index (χ4n) is 4.57. The largest absolute Gasteiger partial charge is 0.294 e. The lowest BCUT2D eigenvalue weighted by molar-refractivity contribution is 0.0993. The minimum Gasteiger partial charge on any atom is -0.294 e. The highest BCUT2D eigenvalue weighted by molar-refractivity contribution is 5.97. The van der Waals surface area contributed by atoms with E-state index in [-0.39, 0.29) is 5.78 Å². The van der Waals surface area contributed by atoms with Gasteiger partial charge in [-0.1, -0.05) is 84.4 Å². The summed E-state index contributed by atoms with van der Waals surface area (Å²) in [5.41, 5.74) is 11.3. The van der Waals surface area contributed by atoms with Gasteiger partial charge in [-0.25, -0.2) is 0 Å². The average Bonchev–Trinajstić information content (AvgIpc) is 3.30. The Bertz CT molecular complexity index is 1370. The van der Waals surface area contributed by atoms with Gasteiger partial charge in [0.1, 0.15) is 0 Å². The lowest BCUT2D eigenvalue weighted by Crippen LogP contribution is -2.05. The van der Waals surface area contributed by atoms with E-state index < -0.39 is 0 Å². The quantitative estimate of drug-likeness (QED) is 0.310. The standard InChI is InChI=1S/C31H27NO/c1-21-8-6-11-25(16-21)31(33)18-23-15-14-22(2)26(17-23)19-27-20-29(24-9-4-3-5-10-24)28-12-7-13-30(28)32-27/h3-12,14-17,20H,13,18-19H2,1-2H3. The monoisotopic (exact) mass is 429 g/mol. The minimum absolute atomic E-state index is 0.154. The summed E-state index contributed by atoms with van der Waals surface area (Å²) in [5.74, 6) is 0.154. The molecule has 0 fully saturated rings. The van der Waals surface area contributed by atoms with Gasteiger partial charge in [0.25, 0.3) is 0 Å². The number of carbonyl (C=O) groups excluding carboxylic acids is 1. The van der Waals surface area contributed by atoms with Gasteiger partial charge in [0.05, 0.1) is 5.69 Å². The van der Waals surface area contributed by atoms with Gasteiger partial charge in [-0.3, -0.25) is 9.78 Å². The molecule has 0 amide bonds. The molecule has 162 valence electrons. The number of ketones is 1. The first kappa shape index (κ1) is 21.1. The van der Waals surface area contributed by atoms with Crippen LogP contribution in [-0.4, -0.2) is 10.8 Å². The fourth-order valence-corrected chi connectivity index (χ4v) is 4.57. The number of hydrogen-bond donors (Lipinski definition) is 0. The third-order valence-electron chi connectivity index (χ3n) is 6.36. The van der Waals surface area contributed by atoms with Crippen molar-refractivity contribution in [3.63, 3.8) is 0 Å². The van der Waals surface area contributed by atoms with Crippen LogP contribution in [0.2, 0.25) is 0 Å². The average molecular weight is 430 g/mol. The van der Waals surface area contributed by atoms with E-state index in [4.69, 9.17) is 4.98 Å². The number of allylic oxidation sites excluding steroid dienone is 1. The van der Waals surface area contributed by atoms with Gasteiger partial charge in [0, 0.05) is 36.1 Å². The number of aromatic nitrogens is 1. The second-order valence-corrected chi connectivity index (χ2v) is 8.90. The van der Waals surface area contributed by atoms with E-state index in [1.165, 1.54) is 27.8 Å². The Hall–Kier alpha value is -3.78. The highest BCUT2D eigenvalue weighted by Crippen LogP contribution is 2.32. The van der Waals surface area contributed by atoms with Crippen molar-refractivity contribution >= 4 is 11.9 Å². The fraction of sp³-hybridized carbons (Fsp3) is 0.161. The number of Topliss-reactive ketones (excluding diaryl/α,β-unsaturated/α-hetero) is 1. The van der Waals surface area contributed by atoms with E-state index in [0.717, 1.165) is 40.9 Å². The molecule has 1 aliphatic rings. The Labute approximate surface area is 195 Å². The number of nitrogens with zero attached hydrogens (tertiary/aromatic N) is 1. The van der Waals surface area contributed by atoms with Gasteiger partial charge >= 0.3 is 0 Å². The Morgan fingerprint density at radius 2 is 1.76 bits per heavy atom. The summed E-state index contributed by atoms with van der Waals surface area (Å²) < 4.78 is 0. The van der Waals surface area contributed by atoms with Crippen LogP contribution >= 0.6 is 0 Å². The number of hydrogen-bond acceptors (Lipinski definition) is 2. The molecular formula is C31H27NO. The number of benzene rings is 3. The molecule has 5 rings (SSSR count). The van der Waals surface area contributed by atoms with Crippen LogP contribution in [0, 0.1) is 13.8 Å². The predicted octanol–water partition coefficient (Wildman–Crippen LogP) is 6.95. The summed E-state index contributed by atoms with van der Waals surface area (Å²) >= 11 is 0. The Kier molecular flexibility index (Phi) is 5.75. The summed E-state index contributed by atoms with van der Waals surface area (Å²) in [6, 6.07) is 27.0. The molecular weight excluding hydrogens is 402 g/mol. The van der Waals surface area contributed by atoms with Crippen LogP contribution in [0.25, 0.3) is 17.2 Å². The molecule has 2 heteroatoms. The van der Waals surface area contributed by atoms with E-state index in [9.17, 15) is 4.79 Å². The van der Waals surface area contributed by atoms with Crippen molar-refractivity contribution in [1.29, 1.82) is 0 Å². The first-order valence-corrected chi connectivity index (χ1v) is 11.5. The van der Waals surface area contributed by atoms with E-state index in [1.54, 1.807) is 0 Å². The van der Waals surface area contributed by atoms with Crippen molar-refractivity contribution in [3.05, 3.63) is 130 Å². The van der Waals surface area contributed by atoms with Crippen LogP contribution in [0.3, 0.4) is 0 Å². The third kappa shape index (κ3) is 4.56. The molecule has 4 aromatic rings. The molecule has 1 heterocycles. The molecule has 33 heavy (non-hydrogen) atoms. The molecule has 0 N–H and O–H groups in total. The van der Waals surface area contributed by atoms with Crippen LogP contribution in [0.1, 0.15) is 49.6 Å². The Morgan fingerprint density at radius 1 is 0.909 bits per heavy atom. The van der Waals surface area contributed by atoms with Gasteiger partial charge in [-0.05, 0) is 53.8 Å². The van der Waals surface area contributed by atoms with Crippen LogP contribution in [0.15, 0.2) is 84.9 Å². The number of fused-ring (bicyclic) bond motifs is 1. The first-order chi connectivity index (χ1) is 16.1. The topological polar surface area (TPSA) is 30.0 Å². The molecule has 0 atom stereocenters. The highest BCUT2D eigenvalue weighted by Gasteiger charge is 2.16. The van der Waals surface area contributed by atoms with Crippen molar-refractivity contribution in [1.82, 2.24) is 4.98 Å². The summed E-state index contributed by atoms with van der Waals surface area (Å²) in [7, 11) is 0. The van der Waals surface area contributed by atoms with E-state index in [1.807, 2.05) is 31.2 Å². The van der Waals surface area contributed by atoms with E-state index >= 15 is 0 Å². The summed E-state index contributed by atoms with van der Waals surface area (Å²) in [5, 5.41) is 0. The molecule has 0 bridgehead atoms. The lowest BCUT2D eigenvalue weighted by Gasteiger charge is -2.13. The number of rotatable bonds is 6. The van der Waals surface area contributed by atoms with Crippen molar-refractivity contribution in [3.8, 4) is 11.1 Å². The number of carbonyl (C=O) groups is 1. The molecule has 1 aromatic heterocycles. The highest BCUT2D eigenvalue weighted by atomic mass is 16.1. The zero-order valence-electron chi connectivity index (χ0n) is 19.1. The number of pyridine rings is 1. The van der Waals surface area contributed by atoms with E-state index in [0.29, 0.717) is 6.42 Å². The van der Waals surface area contributed by atoms with Gasteiger partial charge < -0.3 is 0 Å². The maximum atomic E-state index is 12.8. The minimum atomic E-state index is 0.154. The zero-order chi connectivity index (χ0) is 22.8. The molecule has 3 aromatic carbocycles. The second kappa shape index (κ2) is 8.99. The maximum absolute atomic E-state index is 12.8. The summed E-state index contributed by atoms with van der Waals surface area (Å²) in [6.07, 6.45) is 6.43. The van der Waals surface area contributed by atoms with Crippen LogP contribution in [0.4, 0.5) is 0 Å². The maximum Gasteiger partial charge on any atom is 0.167 e. The molecule has 1 aliphatic carbocycles. The zero-order valence-corrected chi connectivity index (χ0v) is 19.1. The first-order valence-electron chi connectivity index (χ1n) is 11.5. The van der Waals surface area contributed by atoms with Crippen molar-refractivity contribution in [2.45, 2.75) is 33.1 Å². The van der Waals surface area contributed by atoms with Crippen molar-refractivity contribution < 1.29 is 4.79 Å². The van der Waals surface area contributed by atoms with E-state index in [2.05, 4.69) is 73.7 Å². The van der Waals surface area contributed by atoms with Gasteiger partial charge in [-0.15, -0.1) is 0 Å². The van der Waals surface area contributed by atoms with Crippen LogP contribution in [0.5, 0.6) is 0 Å². The van der Waals surface area contributed by atoms with Crippen LogP contribution < -0.4 is 0 Å². The summed E-state index contributed by atoms with van der Waals surface area (Å²) in [4.78, 5) is 17.8. The molecule has 0 saturated heterocycles. The number of aryl methyl sites for hydroxylation is 2. The van der Waals surface area contributed by atoms with Crippen molar-refractivity contribution in [2.24, 2.45) is 0 Å². The molecule has 0 spiro atoms. The van der Waals surface area contributed by atoms with Crippen LogP contribution in [-0.2, 0) is 19.3 Å². The Morgan fingerprint density at radius 3 is 2.58 bits per heavy atom. The SMILES string of the molecule is Cc1cccc(C(=O)Cc2ccc(C)c(Cc3cc(-c4ccccc4)c4c(n3)CC=C4)c2)c1. The molecule has 0 aliphatic heterocycles. The smallest absolute Gasteiger partial charge is 0.167 e. The van der Waals surface area contributed by atoms with Gasteiger partial charge in [0.2, 0.25) is 0 Å². The lowest BCUT2D eigenvalue weighted by atomic mass is 9.94.